The molecule has 6 nitrogen and oxygen atoms in total. The second kappa shape index (κ2) is 11.5. The molecule has 152 valence electrons. The predicted octanol–water partition coefficient (Wildman–Crippen LogP) is 2.99. The minimum atomic E-state index is -0.451. The number of aryl methyl sites for hydroxylation is 1. The molecule has 1 amide bonds. The van der Waals surface area contributed by atoms with Crippen molar-refractivity contribution in [2.24, 2.45) is 0 Å². The summed E-state index contributed by atoms with van der Waals surface area (Å²) in [6.45, 7) is 3.60. The molecule has 1 fully saturated rings. The third-order valence-electron chi connectivity index (χ3n) is 3.94. The zero-order valence-corrected chi connectivity index (χ0v) is 18.3. The number of ether oxygens (including phenoxy) is 1. The highest BCUT2D eigenvalue weighted by molar-refractivity contribution is 8.14. The molecule has 1 aromatic rings. The van der Waals surface area contributed by atoms with Gasteiger partial charge in [-0.2, -0.15) is 0 Å². The average Bonchev–Trinajstić information content (AvgIpc) is 3.12. The Morgan fingerprint density at radius 3 is 2.36 bits per heavy atom. The molecule has 1 atom stereocenters. The van der Waals surface area contributed by atoms with Gasteiger partial charge in [0.1, 0.15) is 5.75 Å². The van der Waals surface area contributed by atoms with Crippen LogP contribution < -0.4 is 4.74 Å². The fraction of sp³-hybridized carbons (Fsp3) is 0.474. The van der Waals surface area contributed by atoms with Gasteiger partial charge in [-0.05, 0) is 30.5 Å². The lowest BCUT2D eigenvalue weighted by Gasteiger charge is -2.23. The number of esters is 1. The first kappa shape index (κ1) is 22.8. The van der Waals surface area contributed by atoms with E-state index in [0.29, 0.717) is 5.75 Å². The van der Waals surface area contributed by atoms with Gasteiger partial charge in [0.15, 0.2) is 10.2 Å². The van der Waals surface area contributed by atoms with E-state index in [1.807, 2.05) is 17.0 Å². The van der Waals surface area contributed by atoms with E-state index in [-0.39, 0.29) is 33.0 Å². The highest BCUT2D eigenvalue weighted by atomic mass is 32.2. The molecule has 1 aliphatic rings. The Morgan fingerprint density at radius 1 is 1.07 bits per heavy atom. The molecule has 1 aliphatic heterocycles. The summed E-state index contributed by atoms with van der Waals surface area (Å²) in [5.41, 5.74) is 1.09. The summed E-state index contributed by atoms with van der Waals surface area (Å²) in [6.07, 6.45) is 1.63. The lowest BCUT2D eigenvalue weighted by molar-refractivity contribution is -0.131. The normalized spacial score (nSPS) is 16.1. The molecule has 0 N–H and O–H groups in total. The molecule has 0 spiro atoms. The molecule has 1 saturated heterocycles. The van der Waals surface area contributed by atoms with Crippen LogP contribution >= 0.6 is 35.3 Å². The van der Waals surface area contributed by atoms with Crippen molar-refractivity contribution in [3.8, 4) is 5.75 Å². The molecule has 1 aromatic carbocycles. The summed E-state index contributed by atoms with van der Waals surface area (Å²) >= 11 is 3.74. The molecule has 0 radical (unpaired) electrons. The van der Waals surface area contributed by atoms with Gasteiger partial charge in [-0.1, -0.05) is 35.7 Å². The smallest absolute Gasteiger partial charge is 0.321 e. The molecule has 2 rings (SSSR count). The SMILES string of the molecule is CC(=O)SCC(=O)Oc1ccc(CCC2SCCN2C(=O)CSC(C)=O)cc1. The van der Waals surface area contributed by atoms with Crippen molar-refractivity contribution in [1.29, 1.82) is 0 Å². The number of thioether (sulfide) groups is 3. The van der Waals surface area contributed by atoms with Gasteiger partial charge in [0.05, 0.1) is 16.9 Å². The van der Waals surface area contributed by atoms with E-state index in [1.54, 1.807) is 23.9 Å². The van der Waals surface area contributed by atoms with Crippen LogP contribution in [0.1, 0.15) is 25.8 Å². The number of carbonyl (C=O) groups excluding carboxylic acids is 4. The molecular formula is C19H23NO5S3. The molecule has 1 heterocycles. The summed E-state index contributed by atoms with van der Waals surface area (Å²) in [5.74, 6) is 1.13. The molecule has 9 heteroatoms. The van der Waals surface area contributed by atoms with Crippen LogP contribution in [0.2, 0.25) is 0 Å². The van der Waals surface area contributed by atoms with E-state index < -0.39 is 5.97 Å². The number of carbonyl (C=O) groups is 4. The molecule has 0 aliphatic carbocycles. The molecule has 0 bridgehead atoms. The first-order chi connectivity index (χ1) is 13.3. The maximum atomic E-state index is 12.3. The number of hydrogen-bond acceptors (Lipinski definition) is 8. The predicted molar refractivity (Wildman–Crippen MR) is 115 cm³/mol. The van der Waals surface area contributed by atoms with E-state index in [2.05, 4.69) is 0 Å². The van der Waals surface area contributed by atoms with Crippen molar-refractivity contribution in [2.75, 3.05) is 23.8 Å². The van der Waals surface area contributed by atoms with E-state index in [1.165, 1.54) is 13.8 Å². The van der Waals surface area contributed by atoms with Gasteiger partial charge in [-0.15, -0.1) is 11.8 Å². The van der Waals surface area contributed by atoms with Crippen molar-refractivity contribution in [3.05, 3.63) is 29.8 Å². The fourth-order valence-electron chi connectivity index (χ4n) is 2.63. The van der Waals surface area contributed by atoms with Crippen molar-refractivity contribution in [3.63, 3.8) is 0 Å². The lowest BCUT2D eigenvalue weighted by atomic mass is 10.1. The highest BCUT2D eigenvalue weighted by Gasteiger charge is 2.28. The quantitative estimate of drug-likeness (QED) is 0.450. The Bertz CT molecular complexity index is 723. The number of hydrogen-bond donors (Lipinski definition) is 0. The van der Waals surface area contributed by atoms with Crippen LogP contribution in [0.5, 0.6) is 5.75 Å². The summed E-state index contributed by atoms with van der Waals surface area (Å²) in [4.78, 5) is 47.7. The van der Waals surface area contributed by atoms with Gasteiger partial charge >= 0.3 is 5.97 Å². The van der Waals surface area contributed by atoms with Crippen LogP contribution in [0.3, 0.4) is 0 Å². The van der Waals surface area contributed by atoms with Gasteiger partial charge in [-0.3, -0.25) is 19.2 Å². The number of benzene rings is 1. The Labute approximate surface area is 177 Å². The van der Waals surface area contributed by atoms with Crippen LogP contribution in [-0.2, 0) is 25.6 Å². The second-order valence-corrected chi connectivity index (χ2v) is 9.72. The van der Waals surface area contributed by atoms with Gasteiger partial charge in [0.25, 0.3) is 0 Å². The number of nitrogens with zero attached hydrogens (tertiary/aromatic N) is 1. The Morgan fingerprint density at radius 2 is 1.71 bits per heavy atom. The van der Waals surface area contributed by atoms with E-state index in [0.717, 1.165) is 54.2 Å². The summed E-state index contributed by atoms with van der Waals surface area (Å²) in [7, 11) is 0. The molecular weight excluding hydrogens is 418 g/mol. The fourth-order valence-corrected chi connectivity index (χ4v) is 4.76. The Hall–Kier alpha value is -1.45. The number of rotatable bonds is 8. The van der Waals surface area contributed by atoms with Crippen LogP contribution in [0.15, 0.2) is 24.3 Å². The van der Waals surface area contributed by atoms with E-state index in [9.17, 15) is 19.2 Å². The van der Waals surface area contributed by atoms with Gasteiger partial charge in [0, 0.05) is 26.1 Å². The van der Waals surface area contributed by atoms with Crippen LogP contribution in [0, 0.1) is 0 Å². The van der Waals surface area contributed by atoms with Gasteiger partial charge < -0.3 is 9.64 Å². The third-order valence-corrected chi connectivity index (χ3v) is 6.82. The zero-order chi connectivity index (χ0) is 20.5. The average molecular weight is 442 g/mol. The van der Waals surface area contributed by atoms with E-state index >= 15 is 0 Å². The van der Waals surface area contributed by atoms with Crippen LogP contribution in [0.4, 0.5) is 0 Å². The lowest BCUT2D eigenvalue weighted by Crippen LogP contribution is -2.36. The second-order valence-electron chi connectivity index (χ2n) is 6.13. The standard InChI is InChI=1S/C19H23NO5S3/c1-13(21)27-11-17(23)20-9-10-26-18(20)8-5-15-3-6-16(7-4-15)25-19(24)12-28-14(2)22/h3-4,6-7,18H,5,8-12H2,1-2H3. The molecule has 28 heavy (non-hydrogen) atoms. The zero-order valence-electron chi connectivity index (χ0n) is 15.8. The van der Waals surface area contributed by atoms with Crippen molar-refractivity contribution in [2.45, 2.75) is 32.1 Å². The first-order valence-corrected chi connectivity index (χ1v) is 11.8. The Kier molecular flexibility index (Phi) is 9.40. The maximum absolute atomic E-state index is 12.3. The number of amides is 1. The summed E-state index contributed by atoms with van der Waals surface area (Å²) in [6, 6.07) is 7.27. The van der Waals surface area contributed by atoms with Crippen LogP contribution in [0.25, 0.3) is 0 Å². The molecule has 1 unspecified atom stereocenters. The van der Waals surface area contributed by atoms with E-state index in [4.69, 9.17) is 4.74 Å². The Balaban J connectivity index is 1.80. The van der Waals surface area contributed by atoms with Gasteiger partial charge in [-0.25, -0.2) is 0 Å². The minimum Gasteiger partial charge on any atom is -0.426 e. The monoisotopic (exact) mass is 441 g/mol. The summed E-state index contributed by atoms with van der Waals surface area (Å²) in [5, 5.41) is -0.0388. The van der Waals surface area contributed by atoms with Crippen molar-refractivity contribution >= 4 is 57.4 Å². The first-order valence-electron chi connectivity index (χ1n) is 8.82. The molecule has 0 saturated carbocycles. The highest BCUT2D eigenvalue weighted by Crippen LogP contribution is 2.28. The summed E-state index contributed by atoms with van der Waals surface area (Å²) < 4.78 is 5.19. The van der Waals surface area contributed by atoms with Crippen molar-refractivity contribution < 1.29 is 23.9 Å². The van der Waals surface area contributed by atoms with Crippen LogP contribution in [-0.4, -0.2) is 56.2 Å². The van der Waals surface area contributed by atoms with Crippen molar-refractivity contribution in [1.82, 2.24) is 4.90 Å². The third kappa shape index (κ3) is 7.89. The molecule has 0 aromatic heterocycles. The minimum absolute atomic E-state index is 0.00175. The topological polar surface area (TPSA) is 80.8 Å². The maximum Gasteiger partial charge on any atom is 0.321 e. The van der Waals surface area contributed by atoms with Gasteiger partial charge in [0.2, 0.25) is 5.91 Å². The largest absolute Gasteiger partial charge is 0.426 e.